The maximum Gasteiger partial charge on any atom is 0.401 e. The molecule has 0 fully saturated rings. The second kappa shape index (κ2) is 9.30. The number of alkyl halides is 3. The normalized spacial score (nSPS) is 12.5. The Bertz CT molecular complexity index is 446. The first-order chi connectivity index (χ1) is 10.4. The van der Waals surface area contributed by atoms with E-state index in [2.05, 4.69) is 15.6 Å². The van der Waals surface area contributed by atoms with Crippen LogP contribution < -0.4 is 10.6 Å². The summed E-state index contributed by atoms with van der Waals surface area (Å²) in [6, 6.07) is 9.77. The number of benzene rings is 1. The molecule has 1 rings (SSSR count). The molecule has 0 aromatic heterocycles. The number of rotatable bonds is 7. The van der Waals surface area contributed by atoms with Gasteiger partial charge in [0, 0.05) is 19.6 Å². The minimum absolute atomic E-state index is 0.287. The molecular weight excluding hydrogens is 293 g/mol. The molecule has 1 aromatic rings. The number of likely N-dealkylation sites (N-methyl/N-ethyl adjacent to an activating group) is 1. The topological polar surface area (TPSA) is 39.7 Å². The van der Waals surface area contributed by atoms with E-state index in [1.807, 2.05) is 37.3 Å². The van der Waals surface area contributed by atoms with Crippen molar-refractivity contribution in [2.75, 3.05) is 33.2 Å². The quantitative estimate of drug-likeness (QED) is 0.599. The highest BCUT2D eigenvalue weighted by Crippen LogP contribution is 2.14. The Hall–Kier alpha value is -1.76. The van der Waals surface area contributed by atoms with Gasteiger partial charge >= 0.3 is 6.18 Å². The molecule has 0 amide bonds. The van der Waals surface area contributed by atoms with E-state index in [4.69, 9.17) is 0 Å². The summed E-state index contributed by atoms with van der Waals surface area (Å²) in [5, 5.41) is 6.11. The maximum absolute atomic E-state index is 12.2. The summed E-state index contributed by atoms with van der Waals surface area (Å²) < 4.78 is 36.7. The molecule has 0 spiro atoms. The van der Waals surface area contributed by atoms with Gasteiger partial charge in [-0.3, -0.25) is 4.90 Å². The number of guanidine groups is 1. The molecule has 124 valence electrons. The van der Waals surface area contributed by atoms with E-state index in [1.54, 1.807) is 0 Å². The molecule has 1 aromatic carbocycles. The van der Waals surface area contributed by atoms with Gasteiger partial charge in [0.25, 0.3) is 0 Å². The van der Waals surface area contributed by atoms with Crippen molar-refractivity contribution in [1.82, 2.24) is 15.5 Å². The van der Waals surface area contributed by atoms with Crippen LogP contribution in [0, 0.1) is 0 Å². The molecule has 0 radical (unpaired) electrons. The molecule has 4 nitrogen and oxygen atoms in total. The van der Waals surface area contributed by atoms with E-state index in [0.29, 0.717) is 25.6 Å². The lowest BCUT2D eigenvalue weighted by Crippen LogP contribution is -2.42. The fourth-order valence-corrected chi connectivity index (χ4v) is 1.85. The van der Waals surface area contributed by atoms with Crippen molar-refractivity contribution in [3.05, 3.63) is 35.9 Å². The third kappa shape index (κ3) is 8.51. The van der Waals surface area contributed by atoms with E-state index < -0.39 is 12.7 Å². The summed E-state index contributed by atoms with van der Waals surface area (Å²) in [5.74, 6) is 0.603. The maximum atomic E-state index is 12.2. The second-order valence-corrected chi connectivity index (χ2v) is 4.96. The highest BCUT2D eigenvalue weighted by Gasteiger charge is 2.28. The first-order valence-electron chi connectivity index (χ1n) is 7.22. The first kappa shape index (κ1) is 18.3. The minimum atomic E-state index is -4.17. The van der Waals surface area contributed by atoms with Gasteiger partial charge in [0.2, 0.25) is 0 Å². The van der Waals surface area contributed by atoms with Gasteiger partial charge in [-0.2, -0.15) is 13.2 Å². The minimum Gasteiger partial charge on any atom is -0.357 e. The number of hydrogen-bond acceptors (Lipinski definition) is 2. The first-order valence-corrected chi connectivity index (χ1v) is 7.22. The number of halogens is 3. The summed E-state index contributed by atoms with van der Waals surface area (Å²) in [4.78, 5) is 5.64. The van der Waals surface area contributed by atoms with Crippen molar-refractivity contribution in [3.8, 4) is 0 Å². The lowest BCUT2D eigenvalue weighted by Gasteiger charge is -2.19. The van der Waals surface area contributed by atoms with E-state index in [0.717, 1.165) is 5.56 Å². The standard InChI is InChI=1S/C15H23F3N4/c1-3-19-14(21-11-13-7-5-4-6-8-13)20-9-10-22(2)12-15(16,17)18/h4-8H,3,9-12H2,1-2H3,(H2,19,20,21). The summed E-state index contributed by atoms with van der Waals surface area (Å²) in [5.41, 5.74) is 1.08. The predicted molar refractivity (Wildman–Crippen MR) is 82.8 cm³/mol. The molecule has 0 aliphatic rings. The van der Waals surface area contributed by atoms with Crippen LogP contribution in [-0.4, -0.2) is 50.3 Å². The summed E-state index contributed by atoms with van der Waals surface area (Å²) >= 11 is 0. The number of hydrogen-bond donors (Lipinski definition) is 2. The van der Waals surface area contributed by atoms with Gasteiger partial charge in [-0.1, -0.05) is 30.3 Å². The third-order valence-electron chi connectivity index (χ3n) is 2.84. The summed E-state index contributed by atoms with van der Waals surface area (Å²) in [6.45, 7) is 2.93. The van der Waals surface area contributed by atoms with Gasteiger partial charge in [-0.25, -0.2) is 4.99 Å². The molecule has 0 atom stereocenters. The smallest absolute Gasteiger partial charge is 0.357 e. The van der Waals surface area contributed by atoms with Crippen LogP contribution in [0.15, 0.2) is 35.3 Å². The molecule has 0 saturated carbocycles. The number of nitrogens with zero attached hydrogens (tertiary/aromatic N) is 2. The van der Waals surface area contributed by atoms with Crippen LogP contribution in [0.3, 0.4) is 0 Å². The Kier molecular flexibility index (Phi) is 7.73. The molecule has 2 N–H and O–H groups in total. The summed E-state index contributed by atoms with van der Waals surface area (Å²) in [7, 11) is 1.45. The average molecular weight is 316 g/mol. The Morgan fingerprint density at radius 1 is 1.18 bits per heavy atom. The van der Waals surface area contributed by atoms with Crippen LogP contribution in [0.2, 0.25) is 0 Å². The van der Waals surface area contributed by atoms with Crippen LogP contribution in [0.4, 0.5) is 13.2 Å². The zero-order valence-corrected chi connectivity index (χ0v) is 13.0. The van der Waals surface area contributed by atoms with E-state index in [9.17, 15) is 13.2 Å². The largest absolute Gasteiger partial charge is 0.401 e. The third-order valence-corrected chi connectivity index (χ3v) is 2.84. The van der Waals surface area contributed by atoms with Crippen molar-refractivity contribution in [2.24, 2.45) is 4.99 Å². The Morgan fingerprint density at radius 3 is 2.45 bits per heavy atom. The average Bonchev–Trinajstić information content (AvgIpc) is 2.44. The lowest BCUT2D eigenvalue weighted by molar-refractivity contribution is -0.142. The molecule has 0 heterocycles. The predicted octanol–water partition coefficient (Wildman–Crippen LogP) is 2.24. The second-order valence-electron chi connectivity index (χ2n) is 4.96. The molecule has 0 aliphatic heterocycles. The highest BCUT2D eigenvalue weighted by atomic mass is 19.4. The van der Waals surface area contributed by atoms with E-state index >= 15 is 0 Å². The van der Waals surface area contributed by atoms with E-state index in [1.165, 1.54) is 11.9 Å². The van der Waals surface area contributed by atoms with Gasteiger partial charge in [0.05, 0.1) is 13.1 Å². The molecule has 0 bridgehead atoms. The van der Waals surface area contributed by atoms with Gasteiger partial charge in [0.1, 0.15) is 0 Å². The zero-order chi connectivity index (χ0) is 16.4. The number of aliphatic imine (C=N–C) groups is 1. The van der Waals surface area contributed by atoms with Crippen LogP contribution in [0.25, 0.3) is 0 Å². The van der Waals surface area contributed by atoms with Crippen LogP contribution in [-0.2, 0) is 6.54 Å². The van der Waals surface area contributed by atoms with Crippen molar-refractivity contribution >= 4 is 5.96 Å². The SMILES string of the molecule is CCNC(=NCc1ccccc1)NCCN(C)CC(F)(F)F. The Balaban J connectivity index is 2.40. The van der Waals surface area contributed by atoms with Gasteiger partial charge in [-0.15, -0.1) is 0 Å². The Labute approximate surface area is 129 Å². The van der Waals surface area contributed by atoms with Crippen LogP contribution in [0.1, 0.15) is 12.5 Å². The van der Waals surface area contributed by atoms with Crippen molar-refractivity contribution in [3.63, 3.8) is 0 Å². The lowest BCUT2D eigenvalue weighted by atomic mass is 10.2. The number of nitrogens with one attached hydrogen (secondary N) is 2. The molecule has 22 heavy (non-hydrogen) atoms. The highest BCUT2D eigenvalue weighted by molar-refractivity contribution is 5.79. The molecular formula is C15H23F3N4. The molecule has 7 heteroatoms. The van der Waals surface area contributed by atoms with Crippen molar-refractivity contribution < 1.29 is 13.2 Å². The van der Waals surface area contributed by atoms with Crippen molar-refractivity contribution in [2.45, 2.75) is 19.6 Å². The molecule has 0 unspecified atom stereocenters. The molecule has 0 aliphatic carbocycles. The van der Waals surface area contributed by atoms with Gasteiger partial charge in [-0.05, 0) is 19.5 Å². The summed E-state index contributed by atoms with van der Waals surface area (Å²) in [6.07, 6.45) is -4.17. The zero-order valence-electron chi connectivity index (χ0n) is 13.0. The van der Waals surface area contributed by atoms with Crippen molar-refractivity contribution in [1.29, 1.82) is 0 Å². The fourth-order valence-electron chi connectivity index (χ4n) is 1.85. The monoisotopic (exact) mass is 316 g/mol. The Morgan fingerprint density at radius 2 is 1.86 bits per heavy atom. The van der Waals surface area contributed by atoms with Crippen LogP contribution in [0.5, 0.6) is 0 Å². The van der Waals surface area contributed by atoms with E-state index in [-0.39, 0.29) is 6.54 Å². The van der Waals surface area contributed by atoms with Gasteiger partial charge < -0.3 is 10.6 Å². The fraction of sp³-hybridized carbons (Fsp3) is 0.533. The van der Waals surface area contributed by atoms with Crippen LogP contribution >= 0.6 is 0 Å². The molecule has 0 saturated heterocycles. The van der Waals surface area contributed by atoms with Gasteiger partial charge in [0.15, 0.2) is 5.96 Å².